The van der Waals surface area contributed by atoms with Gasteiger partial charge >= 0.3 is 5.97 Å². The summed E-state index contributed by atoms with van der Waals surface area (Å²) in [6.07, 6.45) is 0.115. The molecule has 0 unspecified atom stereocenters. The summed E-state index contributed by atoms with van der Waals surface area (Å²) in [4.78, 5) is 22.0. The zero-order valence-electron chi connectivity index (χ0n) is 8.59. The van der Waals surface area contributed by atoms with E-state index in [4.69, 9.17) is 5.26 Å². The average molecular weight is 198 g/mol. The molecule has 0 spiro atoms. The third-order valence-electron chi connectivity index (χ3n) is 1.69. The predicted molar refractivity (Wildman–Crippen MR) is 49.0 cm³/mol. The fourth-order valence-electron chi connectivity index (χ4n) is 0.652. The largest absolute Gasteiger partial charge is 0.469 e. The molecule has 0 saturated heterocycles. The van der Waals surface area contributed by atoms with E-state index in [0.29, 0.717) is 0 Å². The lowest BCUT2D eigenvalue weighted by Crippen LogP contribution is -2.37. The smallest absolute Gasteiger partial charge is 0.307 e. The summed E-state index contributed by atoms with van der Waals surface area (Å²) >= 11 is 0. The Labute approximate surface area is 83.0 Å². The topological polar surface area (TPSA) is 79.2 Å². The van der Waals surface area contributed by atoms with Crippen molar-refractivity contribution in [1.29, 1.82) is 5.26 Å². The summed E-state index contributed by atoms with van der Waals surface area (Å²) in [5.41, 5.74) is -1.06. The first-order chi connectivity index (χ1) is 6.44. The van der Waals surface area contributed by atoms with Gasteiger partial charge in [0.25, 0.3) is 0 Å². The van der Waals surface area contributed by atoms with Gasteiger partial charge < -0.3 is 10.1 Å². The van der Waals surface area contributed by atoms with Crippen LogP contribution in [0.15, 0.2) is 0 Å². The number of nitrogens with zero attached hydrogens (tertiary/aromatic N) is 1. The van der Waals surface area contributed by atoms with E-state index < -0.39 is 5.41 Å². The van der Waals surface area contributed by atoms with Crippen molar-refractivity contribution < 1.29 is 14.3 Å². The Morgan fingerprint density at radius 2 is 2.07 bits per heavy atom. The van der Waals surface area contributed by atoms with Gasteiger partial charge in [0.1, 0.15) is 5.41 Å². The Morgan fingerprint density at radius 3 is 2.50 bits per heavy atom. The molecule has 0 bridgehead atoms. The molecule has 0 fully saturated rings. The summed E-state index contributed by atoms with van der Waals surface area (Å²) in [6, 6.07) is 1.86. The number of hydrogen-bond donors (Lipinski definition) is 1. The quantitative estimate of drug-likeness (QED) is 0.655. The van der Waals surface area contributed by atoms with E-state index in [1.807, 2.05) is 6.07 Å². The van der Waals surface area contributed by atoms with Crippen LogP contribution in [0, 0.1) is 16.7 Å². The van der Waals surface area contributed by atoms with Crippen LogP contribution in [0.3, 0.4) is 0 Å². The van der Waals surface area contributed by atoms with E-state index in [0.717, 1.165) is 0 Å². The van der Waals surface area contributed by atoms with Crippen molar-refractivity contribution >= 4 is 11.9 Å². The van der Waals surface area contributed by atoms with Crippen molar-refractivity contribution in [1.82, 2.24) is 5.32 Å². The second kappa shape index (κ2) is 5.22. The molecule has 1 amide bonds. The monoisotopic (exact) mass is 198 g/mol. The van der Waals surface area contributed by atoms with Gasteiger partial charge in [-0.1, -0.05) is 0 Å². The number of ether oxygens (including phenoxy) is 1. The number of nitrogens with one attached hydrogen (secondary N) is 1. The fourth-order valence-corrected chi connectivity index (χ4v) is 0.652. The molecule has 0 aromatic heterocycles. The highest BCUT2D eigenvalue weighted by Crippen LogP contribution is 2.12. The highest BCUT2D eigenvalue weighted by atomic mass is 16.5. The van der Waals surface area contributed by atoms with E-state index in [1.165, 1.54) is 21.0 Å². The van der Waals surface area contributed by atoms with E-state index in [-0.39, 0.29) is 24.8 Å². The number of methoxy groups -OCH3 is 1. The molecule has 0 radical (unpaired) electrons. The van der Waals surface area contributed by atoms with Gasteiger partial charge in [0.15, 0.2) is 0 Å². The lowest BCUT2D eigenvalue weighted by Gasteiger charge is -2.14. The van der Waals surface area contributed by atoms with Crippen LogP contribution in [0.25, 0.3) is 0 Å². The number of amides is 1. The van der Waals surface area contributed by atoms with Crippen LogP contribution in [0.1, 0.15) is 20.3 Å². The zero-order valence-corrected chi connectivity index (χ0v) is 8.59. The molecular weight excluding hydrogens is 184 g/mol. The molecule has 0 saturated carbocycles. The fraction of sp³-hybridized carbons (Fsp3) is 0.667. The highest BCUT2D eigenvalue weighted by molar-refractivity contribution is 5.84. The molecule has 0 atom stereocenters. The van der Waals surface area contributed by atoms with Crippen molar-refractivity contribution in [3.05, 3.63) is 0 Å². The van der Waals surface area contributed by atoms with E-state index in [1.54, 1.807) is 0 Å². The van der Waals surface area contributed by atoms with Crippen LogP contribution < -0.4 is 5.32 Å². The van der Waals surface area contributed by atoms with Crippen molar-refractivity contribution in [3.8, 4) is 6.07 Å². The molecule has 0 aromatic carbocycles. The molecule has 0 heterocycles. The van der Waals surface area contributed by atoms with Gasteiger partial charge in [0.2, 0.25) is 5.91 Å². The molecule has 5 nitrogen and oxygen atoms in total. The number of rotatable bonds is 4. The standard InChI is InChI=1S/C9H14N2O3/c1-9(2,6-10)8(13)11-5-4-7(12)14-3/h4-5H2,1-3H3,(H,11,13). The van der Waals surface area contributed by atoms with Gasteiger partial charge in [-0.2, -0.15) is 5.26 Å². The summed E-state index contributed by atoms with van der Waals surface area (Å²) in [7, 11) is 1.28. The first-order valence-electron chi connectivity index (χ1n) is 4.20. The van der Waals surface area contributed by atoms with Crippen LogP contribution in [0.5, 0.6) is 0 Å². The second-order valence-corrected chi connectivity index (χ2v) is 3.32. The minimum Gasteiger partial charge on any atom is -0.469 e. The number of carbonyl (C=O) groups is 2. The Balaban J connectivity index is 3.88. The lowest BCUT2D eigenvalue weighted by atomic mass is 9.95. The van der Waals surface area contributed by atoms with Crippen molar-refractivity contribution in [2.24, 2.45) is 5.41 Å². The third-order valence-corrected chi connectivity index (χ3v) is 1.69. The van der Waals surface area contributed by atoms with Crippen molar-refractivity contribution in [2.75, 3.05) is 13.7 Å². The van der Waals surface area contributed by atoms with Crippen LogP contribution in [-0.2, 0) is 14.3 Å². The number of hydrogen-bond acceptors (Lipinski definition) is 4. The number of esters is 1. The van der Waals surface area contributed by atoms with E-state index in [9.17, 15) is 9.59 Å². The van der Waals surface area contributed by atoms with Gasteiger partial charge in [0.05, 0.1) is 19.6 Å². The van der Waals surface area contributed by atoms with Crippen molar-refractivity contribution in [2.45, 2.75) is 20.3 Å². The Hall–Kier alpha value is -1.57. The van der Waals surface area contributed by atoms with Crippen LogP contribution >= 0.6 is 0 Å². The third kappa shape index (κ3) is 3.90. The van der Waals surface area contributed by atoms with Crippen LogP contribution in [-0.4, -0.2) is 25.5 Å². The SMILES string of the molecule is COC(=O)CCNC(=O)C(C)(C)C#N. The summed E-state index contributed by atoms with van der Waals surface area (Å²) in [6.45, 7) is 3.22. The number of carbonyl (C=O) groups excluding carboxylic acids is 2. The Kier molecular flexibility index (Phi) is 4.64. The zero-order chi connectivity index (χ0) is 11.2. The Bertz CT molecular complexity index is 266. The molecule has 14 heavy (non-hydrogen) atoms. The van der Waals surface area contributed by atoms with Crippen LogP contribution in [0.4, 0.5) is 0 Å². The minimum absolute atomic E-state index is 0.115. The first kappa shape index (κ1) is 12.4. The molecule has 1 N–H and O–H groups in total. The summed E-state index contributed by atoms with van der Waals surface area (Å²) < 4.78 is 4.39. The average Bonchev–Trinajstić information content (AvgIpc) is 2.17. The maximum absolute atomic E-state index is 11.3. The van der Waals surface area contributed by atoms with Gasteiger partial charge in [-0.05, 0) is 13.8 Å². The molecule has 78 valence electrons. The Morgan fingerprint density at radius 1 is 1.50 bits per heavy atom. The predicted octanol–water partition coefficient (Wildman–Crippen LogP) is 0.215. The lowest BCUT2D eigenvalue weighted by molar-refractivity contribution is -0.140. The van der Waals surface area contributed by atoms with Gasteiger partial charge in [-0.15, -0.1) is 0 Å². The molecular formula is C9H14N2O3. The maximum atomic E-state index is 11.3. The van der Waals surface area contributed by atoms with Gasteiger partial charge in [-0.25, -0.2) is 0 Å². The highest BCUT2D eigenvalue weighted by Gasteiger charge is 2.26. The first-order valence-corrected chi connectivity index (χ1v) is 4.20. The molecule has 0 aliphatic heterocycles. The molecule has 0 rings (SSSR count). The van der Waals surface area contributed by atoms with Crippen LogP contribution in [0.2, 0.25) is 0 Å². The summed E-state index contributed by atoms with van der Waals surface area (Å²) in [5, 5.41) is 11.1. The molecule has 5 heteroatoms. The van der Waals surface area contributed by atoms with E-state index in [2.05, 4.69) is 10.1 Å². The normalized spacial score (nSPS) is 10.1. The molecule has 0 aliphatic carbocycles. The van der Waals surface area contributed by atoms with Gasteiger partial charge in [0, 0.05) is 6.54 Å². The minimum atomic E-state index is -1.06. The maximum Gasteiger partial charge on any atom is 0.307 e. The van der Waals surface area contributed by atoms with Gasteiger partial charge in [-0.3, -0.25) is 9.59 Å². The molecule has 0 aromatic rings. The summed E-state index contributed by atoms with van der Waals surface area (Å²) in [5.74, 6) is -0.774. The van der Waals surface area contributed by atoms with Crippen molar-refractivity contribution in [3.63, 3.8) is 0 Å². The second-order valence-electron chi connectivity index (χ2n) is 3.32. The molecule has 0 aliphatic rings. The van der Waals surface area contributed by atoms with E-state index >= 15 is 0 Å². The number of nitriles is 1.